The van der Waals surface area contributed by atoms with E-state index >= 15 is 0 Å². The Kier molecular flexibility index (Phi) is 13.0. The van der Waals surface area contributed by atoms with Crippen LogP contribution in [0.1, 0.15) is 0 Å². The molecule has 0 unspecified atom stereocenters. The zero-order valence-corrected chi connectivity index (χ0v) is 42.4. The molecule has 11 aromatic carbocycles. The third-order valence-electron chi connectivity index (χ3n) is 13.7. The van der Waals surface area contributed by atoms with Gasteiger partial charge < -0.3 is 0 Å². The quantitative estimate of drug-likeness (QED) is 0.115. The van der Waals surface area contributed by atoms with Crippen LogP contribution in [0.5, 0.6) is 0 Å². The molecule has 354 valence electrons. The largest absolute Gasteiger partial charge is 0.228 e. The lowest BCUT2D eigenvalue weighted by Crippen LogP contribution is -2.09. The standard InChI is InChI=1S/C70H52N2S2/c1-9-27-53(28-10-1)57-35-25-45-64(47-57)73(60-37-17-5-18-38-60,61-39-19-6-20-40-61)66-49-59(69-52-68(55-31-13-3-14-32-55)71-70(72-69)56-33-15-4-16-34-56)50-67(51-66)74(62-41-21-7-22-42-62,63-43-23-8-24-44-63)65-46-26-36-58(48-65)54-29-11-2-12-30-54/h1-52H. The molecule has 0 aliphatic rings. The molecule has 0 saturated heterocycles. The number of benzene rings is 11. The Hall–Kier alpha value is -8.80. The van der Waals surface area contributed by atoms with E-state index in [0.717, 1.165) is 28.1 Å². The van der Waals surface area contributed by atoms with E-state index in [1.807, 2.05) is 6.07 Å². The van der Waals surface area contributed by atoms with Crippen LogP contribution in [0.2, 0.25) is 0 Å². The Balaban J connectivity index is 1.26. The molecule has 0 spiro atoms. The lowest BCUT2D eigenvalue weighted by molar-refractivity contribution is 1.16. The highest BCUT2D eigenvalue weighted by Crippen LogP contribution is 2.78. The number of nitrogens with zero attached hydrogens (tertiary/aromatic N) is 2. The van der Waals surface area contributed by atoms with Gasteiger partial charge >= 0.3 is 0 Å². The number of hydrogen-bond acceptors (Lipinski definition) is 2. The Bertz CT molecular complexity index is 3480. The van der Waals surface area contributed by atoms with Gasteiger partial charge in [0.2, 0.25) is 0 Å². The first-order valence-electron chi connectivity index (χ1n) is 25.0. The van der Waals surface area contributed by atoms with E-state index < -0.39 is 20.1 Å². The third-order valence-corrected chi connectivity index (χ3v) is 21.4. The first kappa shape index (κ1) is 46.3. The highest BCUT2D eigenvalue weighted by molar-refractivity contribution is 8.34. The maximum atomic E-state index is 5.60. The van der Waals surface area contributed by atoms with Gasteiger partial charge in [-0.2, -0.15) is 0 Å². The van der Waals surface area contributed by atoms with Crippen LogP contribution >= 0.6 is 20.1 Å². The fourth-order valence-electron chi connectivity index (χ4n) is 10.3. The maximum absolute atomic E-state index is 5.60. The Morgan fingerprint density at radius 2 is 0.446 bits per heavy atom. The molecule has 2 nitrogen and oxygen atoms in total. The van der Waals surface area contributed by atoms with Crippen molar-refractivity contribution < 1.29 is 0 Å². The highest BCUT2D eigenvalue weighted by Gasteiger charge is 2.39. The van der Waals surface area contributed by atoms with Crippen LogP contribution in [-0.4, -0.2) is 9.97 Å². The molecule has 0 N–H and O–H groups in total. The van der Waals surface area contributed by atoms with Gasteiger partial charge in [0.1, 0.15) is 0 Å². The number of rotatable bonds is 13. The van der Waals surface area contributed by atoms with Gasteiger partial charge in [-0.05, 0) is 119 Å². The van der Waals surface area contributed by atoms with Gasteiger partial charge in [-0.15, -0.1) is 20.1 Å². The van der Waals surface area contributed by atoms with E-state index in [1.54, 1.807) is 0 Å². The first-order chi connectivity index (χ1) is 36.7. The van der Waals surface area contributed by atoms with Gasteiger partial charge in [-0.1, -0.05) is 218 Å². The summed E-state index contributed by atoms with van der Waals surface area (Å²) >= 11 is 0. The van der Waals surface area contributed by atoms with E-state index in [1.165, 1.54) is 61.4 Å². The summed E-state index contributed by atoms with van der Waals surface area (Å²) in [5.74, 6) is 0.675. The average Bonchev–Trinajstić information content (AvgIpc) is 3.50. The van der Waals surface area contributed by atoms with Crippen molar-refractivity contribution in [1.29, 1.82) is 0 Å². The second-order valence-electron chi connectivity index (χ2n) is 18.2. The molecule has 12 aromatic rings. The highest BCUT2D eigenvalue weighted by atomic mass is 32.3. The smallest absolute Gasteiger partial charge is 0.160 e. The molecule has 0 atom stereocenters. The molecule has 0 aliphatic carbocycles. The molecule has 1 heterocycles. The van der Waals surface area contributed by atoms with Crippen molar-refractivity contribution in [3.63, 3.8) is 0 Å². The van der Waals surface area contributed by atoms with Crippen molar-refractivity contribution in [3.8, 4) is 56.2 Å². The monoisotopic (exact) mass is 984 g/mol. The zero-order valence-electron chi connectivity index (χ0n) is 40.7. The summed E-state index contributed by atoms with van der Waals surface area (Å²) < 4.78 is 0. The molecule has 0 fully saturated rings. The van der Waals surface area contributed by atoms with Crippen LogP contribution in [-0.2, 0) is 0 Å². The van der Waals surface area contributed by atoms with Gasteiger partial charge in [0.25, 0.3) is 0 Å². The molecule has 0 amide bonds. The van der Waals surface area contributed by atoms with Crippen molar-refractivity contribution in [2.75, 3.05) is 0 Å². The second kappa shape index (κ2) is 20.7. The summed E-state index contributed by atoms with van der Waals surface area (Å²) in [6, 6.07) is 116. The maximum Gasteiger partial charge on any atom is 0.160 e. The van der Waals surface area contributed by atoms with Gasteiger partial charge in [0.05, 0.1) is 11.4 Å². The van der Waals surface area contributed by atoms with E-state index in [9.17, 15) is 0 Å². The van der Waals surface area contributed by atoms with Crippen molar-refractivity contribution in [3.05, 3.63) is 315 Å². The summed E-state index contributed by atoms with van der Waals surface area (Å²) in [6.45, 7) is 0. The lowest BCUT2D eigenvalue weighted by Gasteiger charge is -2.45. The zero-order chi connectivity index (χ0) is 49.6. The molecule has 0 radical (unpaired) electrons. The third kappa shape index (κ3) is 8.75. The van der Waals surface area contributed by atoms with E-state index in [-0.39, 0.29) is 0 Å². The van der Waals surface area contributed by atoms with Gasteiger partial charge in [-0.3, -0.25) is 0 Å². The molecule has 4 heteroatoms. The van der Waals surface area contributed by atoms with E-state index in [4.69, 9.17) is 9.97 Å². The summed E-state index contributed by atoms with van der Waals surface area (Å²) in [7, 11) is -4.61. The molecule has 0 saturated carbocycles. The van der Waals surface area contributed by atoms with Crippen molar-refractivity contribution in [1.82, 2.24) is 9.97 Å². The minimum Gasteiger partial charge on any atom is -0.228 e. The normalized spacial score (nSPS) is 11.9. The Morgan fingerprint density at radius 3 is 0.811 bits per heavy atom. The molecule has 12 rings (SSSR count). The van der Waals surface area contributed by atoms with Gasteiger partial charge in [-0.25, -0.2) is 9.97 Å². The molecule has 0 aliphatic heterocycles. The fraction of sp³-hybridized carbons (Fsp3) is 0. The van der Waals surface area contributed by atoms with E-state index in [0.29, 0.717) is 5.82 Å². The van der Waals surface area contributed by atoms with Crippen LogP contribution in [0, 0.1) is 0 Å². The number of hydrogen-bond donors (Lipinski definition) is 0. The van der Waals surface area contributed by atoms with Crippen LogP contribution in [0.3, 0.4) is 0 Å². The molecule has 0 bridgehead atoms. The van der Waals surface area contributed by atoms with Gasteiger partial charge in [0, 0.05) is 55.9 Å². The average molecular weight is 985 g/mol. The first-order valence-corrected chi connectivity index (χ1v) is 28.3. The van der Waals surface area contributed by atoms with Crippen LogP contribution in [0.25, 0.3) is 56.2 Å². The lowest BCUT2D eigenvalue weighted by atomic mass is 10.1. The van der Waals surface area contributed by atoms with Gasteiger partial charge in [0.15, 0.2) is 5.82 Å². The second-order valence-corrected chi connectivity index (χ2v) is 24.4. The predicted molar refractivity (Wildman–Crippen MR) is 309 cm³/mol. The predicted octanol–water partition coefficient (Wildman–Crippen LogP) is 19.5. The van der Waals surface area contributed by atoms with Crippen LogP contribution < -0.4 is 0 Å². The van der Waals surface area contributed by atoms with Crippen molar-refractivity contribution in [2.45, 2.75) is 39.2 Å². The molecular weight excluding hydrogens is 933 g/mol. The topological polar surface area (TPSA) is 25.8 Å². The van der Waals surface area contributed by atoms with Crippen LogP contribution in [0.15, 0.2) is 355 Å². The summed E-state index contributed by atoms with van der Waals surface area (Å²) in [4.78, 5) is 20.7. The minimum atomic E-state index is -2.31. The van der Waals surface area contributed by atoms with Crippen LogP contribution in [0.4, 0.5) is 0 Å². The molecular formula is C70H52N2S2. The SMILES string of the molecule is c1ccc(-c2cccc(S(c3ccccc3)(c3ccccc3)c3cc(-c4cc(-c5ccccc5)nc(-c5ccccc5)n4)cc(S(c4ccccc4)(c4ccccc4)c4cccc(-c5ccccc5)c4)c3)c2)cc1. The fourth-order valence-corrected chi connectivity index (χ4v) is 18.3. The summed E-state index contributed by atoms with van der Waals surface area (Å²) in [5, 5.41) is 0. The number of aromatic nitrogens is 2. The molecule has 74 heavy (non-hydrogen) atoms. The Labute approximate surface area is 438 Å². The summed E-state index contributed by atoms with van der Waals surface area (Å²) in [6.07, 6.45) is 0. The minimum absolute atomic E-state index is 0.675. The van der Waals surface area contributed by atoms with Crippen molar-refractivity contribution >= 4 is 20.1 Å². The summed E-state index contributed by atoms with van der Waals surface area (Å²) in [5.41, 5.74) is 9.41. The van der Waals surface area contributed by atoms with Crippen molar-refractivity contribution in [2.24, 2.45) is 0 Å². The van der Waals surface area contributed by atoms with E-state index in [2.05, 4.69) is 309 Å². The molecule has 1 aromatic heterocycles. The Morgan fingerprint density at radius 1 is 0.176 bits per heavy atom.